The van der Waals surface area contributed by atoms with Crippen molar-refractivity contribution < 1.29 is 13.2 Å². The molecule has 0 spiro atoms. The molecule has 4 heterocycles. The predicted octanol–water partition coefficient (Wildman–Crippen LogP) is 4.47. The van der Waals surface area contributed by atoms with Crippen molar-refractivity contribution in [2.45, 2.75) is 13.8 Å². The summed E-state index contributed by atoms with van der Waals surface area (Å²) in [5.74, 6) is -0.947. The largest absolute Gasteiger partial charge is 0.369 e. The molecule has 202 valence electrons. The second-order valence-corrected chi connectivity index (χ2v) is 10.7. The normalized spacial score (nSPS) is 17.1. The molecule has 2 saturated heterocycles. The van der Waals surface area contributed by atoms with Gasteiger partial charge in [-0.1, -0.05) is 0 Å². The summed E-state index contributed by atoms with van der Waals surface area (Å²) < 4.78 is 43.5. The van der Waals surface area contributed by atoms with Gasteiger partial charge in [-0.2, -0.15) is 0 Å². The van der Waals surface area contributed by atoms with E-state index in [0.29, 0.717) is 22.5 Å². The maximum absolute atomic E-state index is 14.9. The third-order valence-corrected chi connectivity index (χ3v) is 7.66. The van der Waals surface area contributed by atoms with Crippen molar-refractivity contribution in [1.29, 1.82) is 0 Å². The highest BCUT2D eigenvalue weighted by Crippen LogP contribution is 2.32. The molecule has 10 heteroatoms. The van der Waals surface area contributed by atoms with Crippen LogP contribution >= 0.6 is 0 Å². The Kier molecular flexibility index (Phi) is 6.68. The number of hydrogen-bond acceptors (Lipinski definition) is 7. The van der Waals surface area contributed by atoms with Crippen LogP contribution in [0, 0.1) is 37.2 Å². The first-order valence-electron chi connectivity index (χ1n) is 13.2. The van der Waals surface area contributed by atoms with Gasteiger partial charge in [0, 0.05) is 68.7 Å². The number of likely N-dealkylation sites (tertiary alicyclic amines) is 1. The number of rotatable bonds is 5. The van der Waals surface area contributed by atoms with Crippen LogP contribution in [0.2, 0.25) is 0 Å². The fourth-order valence-corrected chi connectivity index (χ4v) is 5.49. The molecule has 0 atom stereocenters. The molecule has 0 saturated carbocycles. The molecular weight excluding hydrogens is 503 g/mol. The number of benzene rings is 2. The molecule has 2 fully saturated rings. The molecule has 2 aromatic carbocycles. The van der Waals surface area contributed by atoms with E-state index in [0.717, 1.165) is 63.5 Å². The van der Waals surface area contributed by atoms with E-state index in [1.807, 2.05) is 13.0 Å². The van der Waals surface area contributed by atoms with E-state index in [2.05, 4.69) is 41.7 Å². The van der Waals surface area contributed by atoms with Gasteiger partial charge in [-0.3, -0.25) is 4.90 Å². The van der Waals surface area contributed by atoms with Crippen LogP contribution in [0.4, 0.5) is 18.9 Å². The van der Waals surface area contributed by atoms with Crippen LogP contribution in [-0.4, -0.2) is 82.6 Å². The Labute approximate surface area is 225 Å². The zero-order chi connectivity index (χ0) is 27.3. The number of hydrogen-bond donors (Lipinski definition) is 0. The Morgan fingerprint density at radius 3 is 2.28 bits per heavy atom. The van der Waals surface area contributed by atoms with Crippen LogP contribution in [-0.2, 0) is 0 Å². The lowest BCUT2D eigenvalue weighted by Crippen LogP contribution is -2.53. The molecule has 0 radical (unpaired) electrons. The van der Waals surface area contributed by atoms with Crippen LogP contribution in [0.1, 0.15) is 11.4 Å². The minimum Gasteiger partial charge on any atom is -0.369 e. The molecule has 0 N–H and O–H groups in total. The van der Waals surface area contributed by atoms with Crippen LogP contribution in [0.25, 0.3) is 33.8 Å². The van der Waals surface area contributed by atoms with Gasteiger partial charge in [0.2, 0.25) is 0 Å². The van der Waals surface area contributed by atoms with Crippen LogP contribution in [0.3, 0.4) is 0 Å². The Bertz CT molecular complexity index is 1550. The summed E-state index contributed by atoms with van der Waals surface area (Å²) in [5, 5.41) is 0. The van der Waals surface area contributed by atoms with Crippen molar-refractivity contribution in [3.05, 3.63) is 65.2 Å². The van der Waals surface area contributed by atoms with Crippen molar-refractivity contribution in [2.24, 2.45) is 5.92 Å². The third kappa shape index (κ3) is 5.18. The molecule has 0 aliphatic carbocycles. The number of halogens is 3. The Morgan fingerprint density at radius 1 is 0.821 bits per heavy atom. The monoisotopic (exact) mass is 533 g/mol. The highest BCUT2D eigenvalue weighted by Gasteiger charge is 2.27. The van der Waals surface area contributed by atoms with Gasteiger partial charge < -0.3 is 9.80 Å². The molecule has 0 amide bonds. The lowest BCUT2D eigenvalue weighted by molar-refractivity contribution is 0.0883. The van der Waals surface area contributed by atoms with E-state index in [1.165, 1.54) is 24.3 Å². The van der Waals surface area contributed by atoms with E-state index < -0.39 is 17.5 Å². The highest BCUT2D eigenvalue weighted by molar-refractivity contribution is 5.89. The van der Waals surface area contributed by atoms with Gasteiger partial charge in [0.05, 0.1) is 11.4 Å². The number of piperazine rings is 1. The summed E-state index contributed by atoms with van der Waals surface area (Å²) in [6.45, 7) is 10.4. The number of fused-ring (bicyclic) bond motifs is 1. The summed E-state index contributed by atoms with van der Waals surface area (Å²) in [4.78, 5) is 25.3. The van der Waals surface area contributed by atoms with E-state index in [-0.39, 0.29) is 22.7 Å². The lowest BCUT2D eigenvalue weighted by atomic mass is 10.0. The van der Waals surface area contributed by atoms with E-state index in [4.69, 9.17) is 0 Å². The van der Waals surface area contributed by atoms with Gasteiger partial charge in [0.25, 0.3) is 0 Å². The van der Waals surface area contributed by atoms with Gasteiger partial charge in [-0.25, -0.2) is 33.1 Å². The molecule has 6 rings (SSSR count). The Hall–Kier alpha value is -3.63. The first-order valence-corrected chi connectivity index (χ1v) is 13.2. The molecular formula is C29H30F3N7. The SMILES string of the molecule is Cc1nc2nc(-c3cc(F)cc(N4CCN(CC5CN(C)C5)CC4)c3)nc(-c3ccc(F)cc3F)c2nc1C. The molecule has 7 nitrogen and oxygen atoms in total. The smallest absolute Gasteiger partial charge is 0.182 e. The highest BCUT2D eigenvalue weighted by atomic mass is 19.1. The molecule has 2 aliphatic heterocycles. The number of nitrogens with zero attached hydrogens (tertiary/aromatic N) is 7. The summed E-state index contributed by atoms with van der Waals surface area (Å²) in [6, 6.07) is 8.05. The van der Waals surface area contributed by atoms with Crippen LogP contribution in [0.15, 0.2) is 36.4 Å². The second kappa shape index (κ2) is 10.2. The van der Waals surface area contributed by atoms with Gasteiger partial charge in [-0.05, 0) is 57.1 Å². The standard InChI is InChI=1S/C29H30F3N7/c1-17-18(2)34-29-27(33-17)26(24-5-4-21(30)13-25(24)32)35-28(36-29)20-10-22(31)12-23(11-20)39-8-6-38(7-9-39)16-19-14-37(3)15-19/h4-5,10-13,19H,6-9,14-16H2,1-3H3. The van der Waals surface area contributed by atoms with Gasteiger partial charge in [0.15, 0.2) is 11.5 Å². The molecule has 2 aromatic heterocycles. The number of aromatic nitrogens is 4. The lowest BCUT2D eigenvalue weighted by Gasteiger charge is -2.42. The minimum atomic E-state index is -0.771. The Balaban J connectivity index is 1.35. The van der Waals surface area contributed by atoms with E-state index in [1.54, 1.807) is 6.92 Å². The molecule has 0 bridgehead atoms. The van der Waals surface area contributed by atoms with Crippen molar-refractivity contribution >= 4 is 16.9 Å². The second-order valence-electron chi connectivity index (χ2n) is 10.7. The first kappa shape index (κ1) is 25.6. The quantitative estimate of drug-likeness (QED) is 0.375. The summed E-state index contributed by atoms with van der Waals surface area (Å²) >= 11 is 0. The number of aryl methyl sites for hydroxylation is 2. The predicted molar refractivity (Wildman–Crippen MR) is 145 cm³/mol. The van der Waals surface area contributed by atoms with E-state index in [9.17, 15) is 13.2 Å². The van der Waals surface area contributed by atoms with Crippen molar-refractivity contribution in [3.63, 3.8) is 0 Å². The van der Waals surface area contributed by atoms with Gasteiger partial charge >= 0.3 is 0 Å². The molecule has 0 unspecified atom stereocenters. The molecule has 2 aliphatic rings. The fourth-order valence-electron chi connectivity index (χ4n) is 5.49. The summed E-state index contributed by atoms with van der Waals surface area (Å²) in [6.07, 6.45) is 0. The average Bonchev–Trinajstić information content (AvgIpc) is 2.88. The average molecular weight is 534 g/mol. The summed E-state index contributed by atoms with van der Waals surface area (Å²) in [5.41, 5.74) is 3.36. The maximum atomic E-state index is 14.9. The van der Waals surface area contributed by atoms with Crippen LogP contribution < -0.4 is 4.90 Å². The van der Waals surface area contributed by atoms with Crippen molar-refractivity contribution in [2.75, 3.05) is 57.8 Å². The zero-order valence-electron chi connectivity index (χ0n) is 22.3. The first-order chi connectivity index (χ1) is 18.7. The number of anilines is 1. The maximum Gasteiger partial charge on any atom is 0.182 e. The molecule has 4 aromatic rings. The Morgan fingerprint density at radius 2 is 1.56 bits per heavy atom. The van der Waals surface area contributed by atoms with Gasteiger partial charge in [-0.15, -0.1) is 0 Å². The van der Waals surface area contributed by atoms with Crippen LogP contribution in [0.5, 0.6) is 0 Å². The third-order valence-electron chi connectivity index (χ3n) is 7.66. The van der Waals surface area contributed by atoms with E-state index >= 15 is 0 Å². The summed E-state index contributed by atoms with van der Waals surface area (Å²) in [7, 11) is 2.14. The van der Waals surface area contributed by atoms with Gasteiger partial charge in [0.1, 0.15) is 28.7 Å². The fraction of sp³-hybridized carbons (Fsp3) is 0.379. The van der Waals surface area contributed by atoms with Crippen molar-refractivity contribution in [3.8, 4) is 22.6 Å². The van der Waals surface area contributed by atoms with Crippen molar-refractivity contribution in [1.82, 2.24) is 29.7 Å². The zero-order valence-corrected chi connectivity index (χ0v) is 22.3. The molecule has 39 heavy (non-hydrogen) atoms. The minimum absolute atomic E-state index is 0.0769. The topological polar surface area (TPSA) is 61.3 Å².